The molecule has 1 aromatic carbocycles. The minimum atomic E-state index is -1.60. The Hall–Kier alpha value is -3.50. The van der Waals surface area contributed by atoms with Crippen LogP contribution < -0.4 is 4.90 Å². The molecule has 2 aliphatic rings. The van der Waals surface area contributed by atoms with E-state index < -0.39 is 5.60 Å². The van der Waals surface area contributed by atoms with Crippen molar-refractivity contribution in [3.63, 3.8) is 0 Å². The van der Waals surface area contributed by atoms with Crippen LogP contribution in [0, 0.1) is 11.8 Å². The number of hydrogen-bond acceptors (Lipinski definition) is 6. The number of carbonyl (C=O) groups is 1. The topological polar surface area (TPSA) is 82.4 Å². The molecule has 3 aromatic rings. The molecule has 7 nitrogen and oxygen atoms in total. The number of benzene rings is 1. The van der Waals surface area contributed by atoms with Crippen molar-refractivity contribution in [3.05, 3.63) is 48.3 Å². The van der Waals surface area contributed by atoms with Crippen molar-refractivity contribution in [1.29, 1.82) is 0 Å². The average molecular weight is 399 g/mol. The van der Waals surface area contributed by atoms with Gasteiger partial charge in [-0.15, -0.1) is 0 Å². The highest BCUT2D eigenvalue weighted by atomic mass is 16.3. The third kappa shape index (κ3) is 3.15. The van der Waals surface area contributed by atoms with Gasteiger partial charge in [-0.05, 0) is 30.7 Å². The molecule has 1 amide bonds. The van der Waals surface area contributed by atoms with Crippen LogP contribution >= 0.6 is 0 Å². The Kier molecular flexibility index (Phi) is 4.37. The van der Waals surface area contributed by atoms with Crippen molar-refractivity contribution in [2.24, 2.45) is 0 Å². The lowest BCUT2D eigenvalue weighted by atomic mass is 10.0. The maximum Gasteiger partial charge on any atom is 0.267 e. The number of aromatic nitrogens is 3. The quantitative estimate of drug-likeness (QED) is 0.663. The van der Waals surface area contributed by atoms with Crippen LogP contribution in [0.25, 0.3) is 22.3 Å². The molecule has 0 aliphatic carbocycles. The van der Waals surface area contributed by atoms with Crippen molar-refractivity contribution in [3.8, 4) is 23.1 Å². The summed E-state index contributed by atoms with van der Waals surface area (Å²) in [7, 11) is 1.67. The van der Waals surface area contributed by atoms with E-state index in [0.717, 1.165) is 53.2 Å². The van der Waals surface area contributed by atoms with Gasteiger partial charge in [0.2, 0.25) is 5.60 Å². The lowest BCUT2D eigenvalue weighted by molar-refractivity contribution is -0.137. The molecule has 2 saturated heterocycles. The molecule has 0 unspecified atom stereocenters. The van der Waals surface area contributed by atoms with Gasteiger partial charge in [0.25, 0.3) is 5.91 Å². The second-order valence-corrected chi connectivity index (χ2v) is 7.77. The summed E-state index contributed by atoms with van der Waals surface area (Å²) in [6.07, 6.45) is 3.07. The van der Waals surface area contributed by atoms with Gasteiger partial charge >= 0.3 is 0 Å². The number of hydrogen-bond donors (Lipinski definition) is 1. The Bertz CT molecular complexity index is 1210. The summed E-state index contributed by atoms with van der Waals surface area (Å²) in [6.45, 7) is 2.48. The van der Waals surface area contributed by atoms with Crippen LogP contribution in [-0.2, 0) is 4.79 Å². The molecule has 1 N–H and O–H groups in total. The summed E-state index contributed by atoms with van der Waals surface area (Å²) >= 11 is 0. The van der Waals surface area contributed by atoms with Gasteiger partial charge in [-0.25, -0.2) is 15.0 Å². The van der Waals surface area contributed by atoms with E-state index in [4.69, 9.17) is 4.98 Å². The zero-order valence-electron chi connectivity index (χ0n) is 16.7. The van der Waals surface area contributed by atoms with Crippen LogP contribution in [0.2, 0.25) is 0 Å². The highest BCUT2D eigenvalue weighted by Crippen LogP contribution is 2.28. The van der Waals surface area contributed by atoms with Gasteiger partial charge in [0.05, 0.1) is 11.2 Å². The Morgan fingerprint density at radius 1 is 1.13 bits per heavy atom. The summed E-state index contributed by atoms with van der Waals surface area (Å²) in [5.74, 6) is 6.26. The zero-order chi connectivity index (χ0) is 20.7. The van der Waals surface area contributed by atoms with E-state index in [1.807, 2.05) is 36.4 Å². The number of rotatable bonds is 2. The van der Waals surface area contributed by atoms with Crippen molar-refractivity contribution >= 4 is 22.8 Å². The second kappa shape index (κ2) is 7.08. The number of likely N-dealkylation sites (N-methyl/N-ethyl adjacent to an activating group) is 1. The van der Waals surface area contributed by atoms with Gasteiger partial charge < -0.3 is 14.9 Å². The van der Waals surface area contributed by atoms with Gasteiger partial charge in [-0.1, -0.05) is 24.0 Å². The molecule has 2 fully saturated rings. The minimum Gasteiger partial charge on any atom is -0.369 e. The highest BCUT2D eigenvalue weighted by molar-refractivity contribution is 5.90. The van der Waals surface area contributed by atoms with E-state index in [0.29, 0.717) is 13.0 Å². The maximum absolute atomic E-state index is 12.1. The number of anilines is 1. The first-order chi connectivity index (χ1) is 14.5. The SMILES string of the molecule is CN1CC[C@@](O)(C#Cc2cccc(-c3ccc4ncnc(N5CCC5)c4n3)c2)C1=O. The fourth-order valence-corrected chi connectivity index (χ4v) is 3.75. The molecule has 30 heavy (non-hydrogen) atoms. The average Bonchev–Trinajstić information content (AvgIpc) is 2.99. The summed E-state index contributed by atoms with van der Waals surface area (Å²) in [6, 6.07) is 11.5. The Balaban J connectivity index is 1.50. The van der Waals surface area contributed by atoms with Crippen molar-refractivity contribution in [2.75, 3.05) is 31.6 Å². The number of amides is 1. The van der Waals surface area contributed by atoms with Crippen LogP contribution in [0.4, 0.5) is 5.82 Å². The van der Waals surface area contributed by atoms with Crippen LogP contribution in [-0.4, -0.2) is 63.1 Å². The number of pyridine rings is 1. The smallest absolute Gasteiger partial charge is 0.267 e. The maximum atomic E-state index is 12.1. The van der Waals surface area contributed by atoms with E-state index in [2.05, 4.69) is 26.7 Å². The highest BCUT2D eigenvalue weighted by Gasteiger charge is 2.42. The second-order valence-electron chi connectivity index (χ2n) is 7.77. The van der Waals surface area contributed by atoms with Crippen molar-refractivity contribution < 1.29 is 9.90 Å². The predicted octanol–water partition coefficient (Wildman–Crippen LogP) is 1.85. The number of likely N-dealkylation sites (tertiary alicyclic amines) is 1. The fourth-order valence-electron chi connectivity index (χ4n) is 3.75. The van der Waals surface area contributed by atoms with Gasteiger partial charge in [0.1, 0.15) is 11.8 Å². The van der Waals surface area contributed by atoms with Crippen LogP contribution in [0.3, 0.4) is 0 Å². The molecule has 4 heterocycles. The largest absolute Gasteiger partial charge is 0.369 e. The molecule has 2 aromatic heterocycles. The molecule has 150 valence electrons. The molecule has 7 heteroatoms. The normalized spacial score (nSPS) is 20.8. The number of nitrogens with zero attached hydrogens (tertiary/aromatic N) is 5. The van der Waals surface area contributed by atoms with Crippen LogP contribution in [0.15, 0.2) is 42.7 Å². The van der Waals surface area contributed by atoms with Gasteiger partial charge in [0, 0.05) is 44.2 Å². The molecular weight excluding hydrogens is 378 g/mol. The summed E-state index contributed by atoms with van der Waals surface area (Å²) in [4.78, 5) is 29.5. The third-order valence-electron chi connectivity index (χ3n) is 5.70. The lowest BCUT2D eigenvalue weighted by Crippen LogP contribution is -2.37. The predicted molar refractivity (Wildman–Crippen MR) is 114 cm³/mol. The van der Waals surface area contributed by atoms with Crippen LogP contribution in [0.1, 0.15) is 18.4 Å². The van der Waals surface area contributed by atoms with E-state index in [9.17, 15) is 9.90 Å². The first kappa shape index (κ1) is 18.5. The summed E-state index contributed by atoms with van der Waals surface area (Å²) in [5.41, 5.74) is 2.44. The van der Waals surface area contributed by atoms with Crippen LogP contribution in [0.5, 0.6) is 0 Å². The van der Waals surface area contributed by atoms with Gasteiger partial charge in [0.15, 0.2) is 5.82 Å². The Morgan fingerprint density at radius 3 is 2.73 bits per heavy atom. The van der Waals surface area contributed by atoms with Gasteiger partial charge in [-0.2, -0.15) is 0 Å². The van der Waals surface area contributed by atoms with E-state index in [1.54, 1.807) is 13.4 Å². The van der Waals surface area contributed by atoms with Crippen molar-refractivity contribution in [1.82, 2.24) is 19.9 Å². The molecule has 2 aliphatic heterocycles. The zero-order valence-corrected chi connectivity index (χ0v) is 16.7. The van der Waals surface area contributed by atoms with E-state index >= 15 is 0 Å². The molecule has 1 atom stereocenters. The summed E-state index contributed by atoms with van der Waals surface area (Å²) in [5, 5.41) is 10.5. The number of fused-ring (bicyclic) bond motifs is 1. The number of aliphatic hydroxyl groups is 1. The molecule has 0 spiro atoms. The molecule has 5 rings (SSSR count). The first-order valence-electron chi connectivity index (χ1n) is 10.0. The third-order valence-corrected chi connectivity index (χ3v) is 5.70. The Labute approximate surface area is 174 Å². The fraction of sp³-hybridized carbons (Fsp3) is 0.304. The Morgan fingerprint density at radius 2 is 2.00 bits per heavy atom. The van der Waals surface area contributed by atoms with E-state index in [1.165, 1.54) is 4.90 Å². The molecule has 0 radical (unpaired) electrons. The summed E-state index contributed by atoms with van der Waals surface area (Å²) < 4.78 is 0. The monoisotopic (exact) mass is 399 g/mol. The lowest BCUT2D eigenvalue weighted by Gasteiger charge is -2.32. The standard InChI is InChI=1S/C23H21N5O2/c1-27-13-10-23(30,22(27)29)9-8-16-4-2-5-17(14-16)18-6-7-19-20(26-18)21(25-15-24-19)28-11-3-12-28/h2,4-7,14-15,30H,3,10-13H2,1H3/t23-/m0/s1. The molecular formula is C23H21N5O2. The number of carbonyl (C=O) groups excluding carboxylic acids is 1. The van der Waals surface area contributed by atoms with Crippen molar-refractivity contribution in [2.45, 2.75) is 18.4 Å². The molecule has 0 saturated carbocycles. The van der Waals surface area contributed by atoms with Gasteiger partial charge in [-0.3, -0.25) is 4.79 Å². The molecule has 0 bridgehead atoms. The van der Waals surface area contributed by atoms with E-state index in [-0.39, 0.29) is 5.91 Å². The minimum absolute atomic E-state index is 0.320. The first-order valence-corrected chi connectivity index (χ1v) is 10.0.